The molecule has 3 aliphatic rings. The van der Waals surface area contributed by atoms with Gasteiger partial charge in [-0.05, 0) is 50.2 Å². The van der Waals surface area contributed by atoms with E-state index in [1.165, 1.54) is 32.4 Å². The summed E-state index contributed by atoms with van der Waals surface area (Å²) in [4.78, 5) is 26.5. The van der Waals surface area contributed by atoms with Crippen molar-refractivity contribution in [3.8, 4) is 5.75 Å². The second kappa shape index (κ2) is 10.1. The number of carbonyl (C=O) groups is 2. The van der Waals surface area contributed by atoms with Gasteiger partial charge in [0.05, 0.1) is 20.3 Å². The normalized spacial score (nSPS) is 25.6. The number of rotatable bonds is 4. The van der Waals surface area contributed by atoms with Gasteiger partial charge >= 0.3 is 12.1 Å². The van der Waals surface area contributed by atoms with Crippen LogP contribution < -0.4 is 4.74 Å². The number of halogens is 3. The largest absolute Gasteiger partial charge is 0.497 e. The quantitative estimate of drug-likeness (QED) is 0.748. The number of ether oxygens (including phenoxy) is 2. The second-order valence-electron chi connectivity index (χ2n) is 8.63. The number of benzene rings is 1. The molecule has 1 amide bonds. The lowest BCUT2D eigenvalue weighted by Gasteiger charge is -2.36. The predicted octanol–water partition coefficient (Wildman–Crippen LogP) is 2.90. The molecule has 10 heteroatoms. The maximum absolute atomic E-state index is 12.9. The molecule has 178 valence electrons. The number of alkyl halides is 3. The van der Waals surface area contributed by atoms with E-state index in [9.17, 15) is 18.0 Å². The number of carboxylic acids is 1. The zero-order valence-corrected chi connectivity index (χ0v) is 18.1. The van der Waals surface area contributed by atoms with Crippen LogP contribution in [0.2, 0.25) is 0 Å². The van der Waals surface area contributed by atoms with Crippen molar-refractivity contribution in [2.45, 2.75) is 25.4 Å². The van der Waals surface area contributed by atoms with E-state index in [4.69, 9.17) is 19.4 Å². The lowest BCUT2D eigenvalue weighted by atomic mass is 9.80. The van der Waals surface area contributed by atoms with Gasteiger partial charge in [0.15, 0.2) is 0 Å². The van der Waals surface area contributed by atoms with Crippen molar-refractivity contribution in [1.82, 2.24) is 9.80 Å². The monoisotopic (exact) mass is 458 g/mol. The Balaban J connectivity index is 0.000000360. The molecule has 3 heterocycles. The third-order valence-electron chi connectivity index (χ3n) is 6.37. The minimum atomic E-state index is -5.08. The van der Waals surface area contributed by atoms with Crippen molar-refractivity contribution < 1.29 is 37.3 Å². The Labute approximate surface area is 185 Å². The number of likely N-dealkylation sites (tertiary alicyclic amines) is 2. The lowest BCUT2D eigenvalue weighted by Crippen LogP contribution is -2.45. The molecule has 1 aromatic rings. The van der Waals surface area contributed by atoms with Gasteiger partial charge in [0.25, 0.3) is 5.91 Å². The first kappa shape index (κ1) is 24.3. The van der Waals surface area contributed by atoms with Gasteiger partial charge in [-0.3, -0.25) is 4.79 Å². The van der Waals surface area contributed by atoms with E-state index in [-0.39, 0.29) is 11.3 Å². The third kappa shape index (κ3) is 5.72. The zero-order chi connectivity index (χ0) is 23.4. The minimum Gasteiger partial charge on any atom is -0.497 e. The standard InChI is InChI=1S/C20H28N2O3.C2HF3O2/c1-24-18-7-5-16(6-8-18)19(23)22-11-17-12-25-15-20(17,14-22)13-21-9-3-2-4-10-21;3-2(4,5)1(6)7/h5-8,17H,2-4,9-15H2,1H3;(H,6,7)/t17-,20+;/m1./s1. The first-order chi connectivity index (χ1) is 15.1. The SMILES string of the molecule is COc1ccc(C(=O)N2C[C@@H]3COC[C@]3(CN3CCCCC3)C2)cc1.O=C(O)C(F)(F)F. The van der Waals surface area contributed by atoms with Crippen molar-refractivity contribution in [2.75, 3.05) is 53.0 Å². The Hall–Kier alpha value is -2.33. The van der Waals surface area contributed by atoms with Crippen LogP contribution in [0.1, 0.15) is 29.6 Å². The summed E-state index contributed by atoms with van der Waals surface area (Å²) in [6, 6.07) is 7.44. The highest BCUT2D eigenvalue weighted by Crippen LogP contribution is 2.42. The molecule has 2 atom stereocenters. The van der Waals surface area contributed by atoms with Crippen LogP contribution in [0, 0.1) is 11.3 Å². The van der Waals surface area contributed by atoms with Gasteiger partial charge < -0.3 is 24.4 Å². The summed E-state index contributed by atoms with van der Waals surface area (Å²) in [5.41, 5.74) is 0.870. The molecule has 0 aliphatic carbocycles. The fourth-order valence-electron chi connectivity index (χ4n) is 4.69. The van der Waals surface area contributed by atoms with Crippen LogP contribution in [0.5, 0.6) is 5.75 Å². The Kier molecular flexibility index (Phi) is 7.66. The number of carboxylic acid groups (broad SMARTS) is 1. The van der Waals surface area contributed by atoms with Gasteiger partial charge in [-0.2, -0.15) is 13.2 Å². The number of hydrogen-bond donors (Lipinski definition) is 1. The highest BCUT2D eigenvalue weighted by Gasteiger charge is 2.52. The molecule has 0 saturated carbocycles. The summed E-state index contributed by atoms with van der Waals surface area (Å²) in [6.07, 6.45) is -1.13. The van der Waals surface area contributed by atoms with E-state index >= 15 is 0 Å². The summed E-state index contributed by atoms with van der Waals surface area (Å²) < 4.78 is 42.8. The topological polar surface area (TPSA) is 79.3 Å². The van der Waals surface area contributed by atoms with Crippen LogP contribution in [-0.2, 0) is 9.53 Å². The zero-order valence-electron chi connectivity index (χ0n) is 18.1. The Morgan fingerprint density at radius 2 is 1.81 bits per heavy atom. The lowest BCUT2D eigenvalue weighted by molar-refractivity contribution is -0.192. The van der Waals surface area contributed by atoms with E-state index in [0.29, 0.717) is 5.92 Å². The van der Waals surface area contributed by atoms with Crippen LogP contribution in [0.25, 0.3) is 0 Å². The van der Waals surface area contributed by atoms with Crippen molar-refractivity contribution in [1.29, 1.82) is 0 Å². The predicted molar refractivity (Wildman–Crippen MR) is 110 cm³/mol. The molecule has 0 bridgehead atoms. The highest BCUT2D eigenvalue weighted by atomic mass is 19.4. The molecule has 0 unspecified atom stereocenters. The summed E-state index contributed by atoms with van der Waals surface area (Å²) in [6.45, 7) is 6.68. The molecular weight excluding hydrogens is 429 g/mol. The van der Waals surface area contributed by atoms with Crippen LogP contribution in [0.15, 0.2) is 24.3 Å². The summed E-state index contributed by atoms with van der Waals surface area (Å²) in [5, 5.41) is 7.12. The van der Waals surface area contributed by atoms with Gasteiger partial charge in [0, 0.05) is 36.5 Å². The smallest absolute Gasteiger partial charge is 0.490 e. The van der Waals surface area contributed by atoms with Crippen LogP contribution in [0.3, 0.4) is 0 Å². The number of piperidine rings is 1. The fourth-order valence-corrected chi connectivity index (χ4v) is 4.69. The van der Waals surface area contributed by atoms with Gasteiger partial charge in [0.2, 0.25) is 0 Å². The first-order valence-electron chi connectivity index (χ1n) is 10.7. The fraction of sp³-hybridized carbons (Fsp3) is 0.636. The van der Waals surface area contributed by atoms with Crippen molar-refractivity contribution in [3.05, 3.63) is 29.8 Å². The Morgan fingerprint density at radius 3 is 2.38 bits per heavy atom. The first-order valence-corrected chi connectivity index (χ1v) is 10.7. The average molecular weight is 458 g/mol. The number of amides is 1. The number of fused-ring (bicyclic) bond motifs is 1. The van der Waals surface area contributed by atoms with Crippen molar-refractivity contribution in [3.63, 3.8) is 0 Å². The van der Waals surface area contributed by atoms with Crippen LogP contribution in [-0.4, -0.2) is 86.0 Å². The maximum atomic E-state index is 12.9. The van der Waals surface area contributed by atoms with Gasteiger partial charge in [0.1, 0.15) is 5.75 Å². The van der Waals surface area contributed by atoms with E-state index in [1.54, 1.807) is 7.11 Å². The summed E-state index contributed by atoms with van der Waals surface area (Å²) in [7, 11) is 1.64. The van der Waals surface area contributed by atoms with Gasteiger partial charge in [-0.1, -0.05) is 6.42 Å². The molecule has 3 fully saturated rings. The molecule has 3 saturated heterocycles. The van der Waals surface area contributed by atoms with Crippen molar-refractivity contribution >= 4 is 11.9 Å². The number of carbonyl (C=O) groups excluding carboxylic acids is 1. The van der Waals surface area contributed by atoms with Gasteiger partial charge in [-0.15, -0.1) is 0 Å². The average Bonchev–Trinajstić information content (AvgIpc) is 3.30. The van der Waals surface area contributed by atoms with E-state index in [0.717, 1.165) is 44.2 Å². The Bertz CT molecular complexity index is 796. The Morgan fingerprint density at radius 1 is 1.19 bits per heavy atom. The molecule has 3 aliphatic heterocycles. The molecule has 32 heavy (non-hydrogen) atoms. The van der Waals surface area contributed by atoms with Gasteiger partial charge in [-0.25, -0.2) is 4.79 Å². The number of nitrogens with zero attached hydrogens (tertiary/aromatic N) is 2. The summed E-state index contributed by atoms with van der Waals surface area (Å²) >= 11 is 0. The van der Waals surface area contributed by atoms with Crippen molar-refractivity contribution in [2.24, 2.45) is 11.3 Å². The number of hydrogen-bond acceptors (Lipinski definition) is 5. The third-order valence-corrected chi connectivity index (χ3v) is 6.37. The van der Waals surface area contributed by atoms with E-state index in [1.807, 2.05) is 29.2 Å². The van der Waals surface area contributed by atoms with E-state index < -0.39 is 12.1 Å². The number of methoxy groups -OCH3 is 1. The van der Waals surface area contributed by atoms with E-state index in [2.05, 4.69) is 4.90 Å². The van der Waals surface area contributed by atoms with Crippen LogP contribution in [0.4, 0.5) is 13.2 Å². The highest BCUT2D eigenvalue weighted by molar-refractivity contribution is 5.94. The minimum absolute atomic E-state index is 0.124. The molecule has 0 spiro atoms. The molecule has 4 rings (SSSR count). The maximum Gasteiger partial charge on any atom is 0.490 e. The molecular formula is C22H29F3N2O5. The molecule has 1 N–H and O–H groups in total. The number of aliphatic carboxylic acids is 1. The molecule has 0 radical (unpaired) electrons. The summed E-state index contributed by atoms with van der Waals surface area (Å²) in [5.74, 6) is -1.37. The molecule has 1 aromatic carbocycles. The molecule has 0 aromatic heterocycles. The second-order valence-corrected chi connectivity index (χ2v) is 8.63. The molecule has 7 nitrogen and oxygen atoms in total. The van der Waals surface area contributed by atoms with Crippen LogP contribution >= 0.6 is 0 Å².